The van der Waals surface area contributed by atoms with E-state index in [1.165, 1.54) is 13.2 Å². The normalized spacial score (nSPS) is 23.2. The molecule has 2 aromatic rings. The van der Waals surface area contributed by atoms with Crippen LogP contribution in [0, 0.1) is 5.82 Å². The molecule has 134 valence electrons. The van der Waals surface area contributed by atoms with Gasteiger partial charge in [0.1, 0.15) is 11.3 Å². The molecule has 8 nitrogen and oxygen atoms in total. The van der Waals surface area contributed by atoms with Crippen LogP contribution in [0.25, 0.3) is 0 Å². The summed E-state index contributed by atoms with van der Waals surface area (Å²) in [7, 11) is 1.29. The van der Waals surface area contributed by atoms with Gasteiger partial charge in [0.2, 0.25) is 0 Å². The van der Waals surface area contributed by atoms with Gasteiger partial charge in [-0.1, -0.05) is 6.92 Å². The second-order valence-electron chi connectivity index (χ2n) is 6.42. The summed E-state index contributed by atoms with van der Waals surface area (Å²) in [5.74, 6) is -1.22. The summed E-state index contributed by atoms with van der Waals surface area (Å²) in [5, 5.41) is 23.2. The molecule has 0 atom stereocenters. The van der Waals surface area contributed by atoms with Crippen molar-refractivity contribution in [3.63, 3.8) is 0 Å². The molecule has 9 heteroatoms. The van der Waals surface area contributed by atoms with E-state index in [4.69, 9.17) is 9.47 Å². The number of carbonyl (C=O) groups is 1. The number of carboxylic acid groups (broad SMARTS) is 1. The molecular formula is C16H19FN4O4. The van der Waals surface area contributed by atoms with Gasteiger partial charge in [-0.15, -0.1) is 5.10 Å². The maximum Gasteiger partial charge on any atom is 0.339 e. The van der Waals surface area contributed by atoms with Crippen LogP contribution >= 0.6 is 0 Å². The largest absolute Gasteiger partial charge is 0.496 e. The van der Waals surface area contributed by atoms with E-state index in [-0.39, 0.29) is 28.6 Å². The molecule has 0 bridgehead atoms. The molecule has 0 amide bonds. The average Bonchev–Trinajstić information content (AvgIpc) is 3.13. The number of halogens is 1. The van der Waals surface area contributed by atoms with Crippen LogP contribution in [0.2, 0.25) is 0 Å². The van der Waals surface area contributed by atoms with E-state index in [1.807, 2.05) is 0 Å². The van der Waals surface area contributed by atoms with E-state index < -0.39 is 11.8 Å². The second-order valence-corrected chi connectivity index (χ2v) is 6.42. The molecule has 1 aliphatic carbocycles. The number of nitrogens with zero attached hydrogens (tertiary/aromatic N) is 3. The molecule has 1 aromatic carbocycles. The fraction of sp³-hybridized carbons (Fsp3) is 0.500. The molecule has 0 saturated heterocycles. The Morgan fingerprint density at radius 2 is 2.08 bits per heavy atom. The summed E-state index contributed by atoms with van der Waals surface area (Å²) in [4.78, 5) is 11.3. The third kappa shape index (κ3) is 3.40. The number of hydrogen-bond acceptors (Lipinski definition) is 6. The Morgan fingerprint density at radius 1 is 1.36 bits per heavy atom. The predicted molar refractivity (Wildman–Crippen MR) is 84.3 cm³/mol. The highest BCUT2D eigenvalue weighted by atomic mass is 19.1. The van der Waals surface area contributed by atoms with Gasteiger partial charge >= 0.3 is 5.97 Å². The lowest BCUT2D eigenvalue weighted by Crippen LogP contribution is -2.34. The Kier molecular flexibility index (Phi) is 4.56. The Hall–Kier alpha value is -2.71. The van der Waals surface area contributed by atoms with E-state index in [9.17, 15) is 14.3 Å². The van der Waals surface area contributed by atoms with Gasteiger partial charge in [-0.25, -0.2) is 14.3 Å². The number of aromatic amines is 1. The van der Waals surface area contributed by atoms with Crippen molar-refractivity contribution in [3.05, 3.63) is 29.3 Å². The zero-order chi connectivity index (χ0) is 18.0. The molecule has 0 radical (unpaired) electrons. The van der Waals surface area contributed by atoms with Gasteiger partial charge in [-0.05, 0) is 36.1 Å². The summed E-state index contributed by atoms with van der Waals surface area (Å²) in [6.45, 7) is 2.07. The predicted octanol–water partition coefficient (Wildman–Crippen LogP) is 2.32. The number of ether oxygens (including phenoxy) is 2. The molecule has 0 spiro atoms. The monoisotopic (exact) mass is 350 g/mol. The Bertz CT molecular complexity index is 758. The zero-order valence-corrected chi connectivity index (χ0v) is 14.0. The van der Waals surface area contributed by atoms with Crippen LogP contribution < -0.4 is 9.47 Å². The minimum atomic E-state index is -1.20. The molecule has 25 heavy (non-hydrogen) atoms. The van der Waals surface area contributed by atoms with Crippen molar-refractivity contribution in [1.82, 2.24) is 20.6 Å². The lowest BCUT2D eigenvalue weighted by molar-refractivity contribution is 0.0691. The van der Waals surface area contributed by atoms with Gasteiger partial charge in [-0.2, -0.15) is 0 Å². The number of tetrazole rings is 1. The van der Waals surface area contributed by atoms with Crippen LogP contribution in [-0.2, 0) is 5.41 Å². The highest BCUT2D eigenvalue weighted by Gasteiger charge is 2.36. The summed E-state index contributed by atoms with van der Waals surface area (Å²) in [6, 6.07) is 2.20. The fourth-order valence-electron chi connectivity index (χ4n) is 3.14. The molecule has 3 rings (SSSR count). The van der Waals surface area contributed by atoms with E-state index >= 15 is 0 Å². The lowest BCUT2D eigenvalue weighted by Gasteiger charge is -2.35. The number of methoxy groups -OCH3 is 1. The lowest BCUT2D eigenvalue weighted by atomic mass is 9.74. The van der Waals surface area contributed by atoms with E-state index in [0.717, 1.165) is 24.7 Å². The number of hydrogen-bond donors (Lipinski definition) is 2. The van der Waals surface area contributed by atoms with Gasteiger partial charge in [0.05, 0.1) is 13.2 Å². The second kappa shape index (κ2) is 6.66. The molecule has 0 aliphatic heterocycles. The quantitative estimate of drug-likeness (QED) is 0.851. The number of aromatic nitrogens is 4. The van der Waals surface area contributed by atoms with Crippen molar-refractivity contribution in [3.8, 4) is 11.5 Å². The van der Waals surface area contributed by atoms with Gasteiger partial charge in [-0.3, -0.25) is 0 Å². The smallest absolute Gasteiger partial charge is 0.339 e. The highest BCUT2D eigenvalue weighted by molar-refractivity contribution is 5.91. The first-order valence-corrected chi connectivity index (χ1v) is 7.94. The van der Waals surface area contributed by atoms with Crippen LogP contribution in [0.4, 0.5) is 4.39 Å². The van der Waals surface area contributed by atoms with E-state index in [2.05, 4.69) is 27.5 Å². The molecule has 1 saturated carbocycles. The number of rotatable bonds is 5. The third-order valence-corrected chi connectivity index (χ3v) is 4.73. The van der Waals surface area contributed by atoms with Gasteiger partial charge in [0, 0.05) is 17.5 Å². The van der Waals surface area contributed by atoms with Crippen LogP contribution in [0.5, 0.6) is 11.5 Å². The van der Waals surface area contributed by atoms with Crippen molar-refractivity contribution < 1.29 is 23.8 Å². The number of H-pyrrole nitrogens is 1. The maximum absolute atomic E-state index is 14.2. The minimum absolute atomic E-state index is 0.0358. The molecule has 1 heterocycles. The minimum Gasteiger partial charge on any atom is -0.496 e. The van der Waals surface area contributed by atoms with E-state index in [0.29, 0.717) is 12.8 Å². The van der Waals surface area contributed by atoms with E-state index in [1.54, 1.807) is 0 Å². The SMILES string of the molecule is COc1cc(F)c(O[C@H]2CC[C@@](C)(c3nnn[nH]3)CC2)cc1C(=O)O. The summed E-state index contributed by atoms with van der Waals surface area (Å²) in [6.07, 6.45) is 2.72. The molecular weight excluding hydrogens is 331 g/mol. The van der Waals surface area contributed by atoms with Crippen LogP contribution in [0.1, 0.15) is 48.8 Å². The number of aromatic carboxylic acids is 1. The Labute approximate surface area is 143 Å². The Balaban J connectivity index is 1.72. The van der Waals surface area contributed by atoms with Crippen molar-refractivity contribution in [2.24, 2.45) is 0 Å². The first-order valence-electron chi connectivity index (χ1n) is 7.94. The molecule has 1 fully saturated rings. The van der Waals surface area contributed by atoms with Crippen molar-refractivity contribution >= 4 is 5.97 Å². The number of benzene rings is 1. The van der Waals surface area contributed by atoms with Gasteiger partial charge < -0.3 is 14.6 Å². The third-order valence-electron chi connectivity index (χ3n) is 4.73. The molecule has 1 aromatic heterocycles. The molecule has 2 N–H and O–H groups in total. The number of carboxylic acids is 1. The summed E-state index contributed by atoms with van der Waals surface area (Å²) >= 11 is 0. The fourth-order valence-corrected chi connectivity index (χ4v) is 3.14. The van der Waals surface area contributed by atoms with Crippen LogP contribution in [0.3, 0.4) is 0 Å². The molecule has 0 unspecified atom stereocenters. The first-order chi connectivity index (χ1) is 11.9. The summed E-state index contributed by atoms with van der Waals surface area (Å²) < 4.78 is 24.8. The van der Waals surface area contributed by atoms with Crippen molar-refractivity contribution in [1.29, 1.82) is 0 Å². The topological polar surface area (TPSA) is 110 Å². The average molecular weight is 350 g/mol. The van der Waals surface area contributed by atoms with Gasteiger partial charge in [0.25, 0.3) is 0 Å². The zero-order valence-electron chi connectivity index (χ0n) is 14.0. The van der Waals surface area contributed by atoms with Crippen molar-refractivity contribution in [2.45, 2.75) is 44.1 Å². The van der Waals surface area contributed by atoms with Crippen LogP contribution in [0.15, 0.2) is 12.1 Å². The highest BCUT2D eigenvalue weighted by Crippen LogP contribution is 2.39. The maximum atomic E-state index is 14.2. The van der Waals surface area contributed by atoms with Crippen LogP contribution in [-0.4, -0.2) is 44.9 Å². The summed E-state index contributed by atoms with van der Waals surface area (Å²) in [5.41, 5.74) is -0.305. The number of nitrogens with one attached hydrogen (secondary N) is 1. The van der Waals surface area contributed by atoms with Gasteiger partial charge in [0.15, 0.2) is 17.4 Å². The molecule has 1 aliphatic rings. The Morgan fingerprint density at radius 3 is 2.64 bits per heavy atom. The standard InChI is InChI=1S/C16H19FN4O4/c1-16(15-18-20-21-19-15)5-3-9(4-6-16)25-13-7-10(14(22)23)12(24-2)8-11(13)17/h7-9H,3-6H2,1-2H3,(H,22,23)(H,18,19,20,21)/t9-,16+. The first kappa shape index (κ1) is 17.1. The van der Waals surface area contributed by atoms with Crippen molar-refractivity contribution in [2.75, 3.05) is 7.11 Å².